The molecule has 1 heteroatoms. The molecule has 0 saturated heterocycles. The SMILES string of the molecule is C=C(C)CCCc1cccnc1. The monoisotopic (exact) mass is 161 g/mol. The summed E-state index contributed by atoms with van der Waals surface area (Å²) < 4.78 is 0. The molecule has 0 bridgehead atoms. The van der Waals surface area contributed by atoms with E-state index in [-0.39, 0.29) is 0 Å². The molecule has 0 saturated carbocycles. The molecule has 0 aliphatic carbocycles. The van der Waals surface area contributed by atoms with Crippen molar-refractivity contribution in [3.05, 3.63) is 42.2 Å². The first-order chi connectivity index (χ1) is 5.79. The van der Waals surface area contributed by atoms with Gasteiger partial charge < -0.3 is 0 Å². The third kappa shape index (κ3) is 3.33. The lowest BCUT2D eigenvalue weighted by molar-refractivity contribution is 0.810. The van der Waals surface area contributed by atoms with Crippen LogP contribution in [0.5, 0.6) is 0 Å². The van der Waals surface area contributed by atoms with E-state index in [1.54, 1.807) is 0 Å². The number of allylic oxidation sites excluding steroid dienone is 1. The molecule has 0 atom stereocenters. The lowest BCUT2D eigenvalue weighted by Gasteiger charge is -1.99. The van der Waals surface area contributed by atoms with E-state index in [2.05, 4.69) is 24.6 Å². The minimum atomic E-state index is 1.11. The van der Waals surface area contributed by atoms with Gasteiger partial charge in [0, 0.05) is 12.4 Å². The van der Waals surface area contributed by atoms with E-state index in [1.807, 2.05) is 18.5 Å². The largest absolute Gasteiger partial charge is 0.264 e. The molecule has 0 aromatic carbocycles. The molecule has 0 amide bonds. The molecule has 1 aromatic rings. The van der Waals surface area contributed by atoms with Gasteiger partial charge in [-0.25, -0.2) is 0 Å². The average Bonchev–Trinajstić information content (AvgIpc) is 2.05. The number of nitrogens with zero attached hydrogens (tertiary/aromatic N) is 1. The zero-order valence-corrected chi connectivity index (χ0v) is 7.59. The zero-order valence-electron chi connectivity index (χ0n) is 7.59. The molecule has 1 rings (SSSR count). The van der Waals surface area contributed by atoms with Crippen LogP contribution in [0.3, 0.4) is 0 Å². The van der Waals surface area contributed by atoms with Crippen LogP contribution in [-0.4, -0.2) is 4.98 Å². The highest BCUT2D eigenvalue weighted by Gasteiger charge is 1.92. The molecule has 0 aliphatic heterocycles. The third-order valence-electron chi connectivity index (χ3n) is 1.79. The lowest BCUT2D eigenvalue weighted by atomic mass is 10.1. The Morgan fingerprint density at radius 1 is 1.58 bits per heavy atom. The molecule has 1 aromatic heterocycles. The van der Waals surface area contributed by atoms with E-state index in [0.717, 1.165) is 12.8 Å². The predicted molar refractivity (Wildman–Crippen MR) is 52.0 cm³/mol. The first kappa shape index (κ1) is 8.98. The summed E-state index contributed by atoms with van der Waals surface area (Å²) in [6.07, 6.45) is 7.15. The highest BCUT2D eigenvalue weighted by atomic mass is 14.6. The summed E-state index contributed by atoms with van der Waals surface area (Å²) >= 11 is 0. The van der Waals surface area contributed by atoms with E-state index in [4.69, 9.17) is 0 Å². The van der Waals surface area contributed by atoms with Crippen LogP contribution in [0.15, 0.2) is 36.7 Å². The molecule has 0 spiro atoms. The highest BCUT2D eigenvalue weighted by Crippen LogP contribution is 2.06. The summed E-state index contributed by atoms with van der Waals surface area (Å²) in [5.74, 6) is 0. The summed E-state index contributed by atoms with van der Waals surface area (Å²) in [5, 5.41) is 0. The van der Waals surface area contributed by atoms with Crippen molar-refractivity contribution in [1.82, 2.24) is 4.98 Å². The van der Waals surface area contributed by atoms with Crippen molar-refractivity contribution in [3.63, 3.8) is 0 Å². The molecule has 0 fully saturated rings. The molecule has 0 aliphatic rings. The van der Waals surface area contributed by atoms with Gasteiger partial charge in [-0.2, -0.15) is 0 Å². The number of hydrogen-bond donors (Lipinski definition) is 0. The number of aryl methyl sites for hydroxylation is 1. The summed E-state index contributed by atoms with van der Waals surface area (Å²) in [7, 11) is 0. The number of hydrogen-bond acceptors (Lipinski definition) is 1. The average molecular weight is 161 g/mol. The van der Waals surface area contributed by atoms with Gasteiger partial charge in [-0.15, -0.1) is 6.58 Å². The Kier molecular flexibility index (Phi) is 3.52. The number of rotatable bonds is 4. The smallest absolute Gasteiger partial charge is 0.0299 e. The third-order valence-corrected chi connectivity index (χ3v) is 1.79. The van der Waals surface area contributed by atoms with Gasteiger partial charge in [-0.05, 0) is 37.8 Å². The molecule has 12 heavy (non-hydrogen) atoms. The first-order valence-corrected chi connectivity index (χ1v) is 4.32. The van der Waals surface area contributed by atoms with Gasteiger partial charge in [-0.3, -0.25) is 4.98 Å². The van der Waals surface area contributed by atoms with Gasteiger partial charge in [0.25, 0.3) is 0 Å². The fourth-order valence-corrected chi connectivity index (χ4v) is 1.14. The Hall–Kier alpha value is -1.11. The van der Waals surface area contributed by atoms with Crippen LogP contribution >= 0.6 is 0 Å². The summed E-state index contributed by atoms with van der Waals surface area (Å²) in [4.78, 5) is 4.06. The topological polar surface area (TPSA) is 12.9 Å². The zero-order chi connectivity index (χ0) is 8.81. The van der Waals surface area contributed by atoms with Crippen molar-refractivity contribution in [2.75, 3.05) is 0 Å². The van der Waals surface area contributed by atoms with Gasteiger partial charge >= 0.3 is 0 Å². The van der Waals surface area contributed by atoms with Crippen LogP contribution in [0.1, 0.15) is 25.3 Å². The summed E-state index contributed by atoms with van der Waals surface area (Å²) in [6.45, 7) is 5.94. The quantitative estimate of drug-likeness (QED) is 0.619. The minimum Gasteiger partial charge on any atom is -0.264 e. The Morgan fingerprint density at radius 3 is 3.00 bits per heavy atom. The van der Waals surface area contributed by atoms with Crippen LogP contribution in [-0.2, 0) is 6.42 Å². The first-order valence-electron chi connectivity index (χ1n) is 4.32. The molecule has 0 N–H and O–H groups in total. The van der Waals surface area contributed by atoms with Crippen molar-refractivity contribution < 1.29 is 0 Å². The second kappa shape index (κ2) is 4.70. The molecule has 64 valence electrons. The maximum absolute atomic E-state index is 4.06. The normalized spacial score (nSPS) is 9.75. The van der Waals surface area contributed by atoms with E-state index in [0.29, 0.717) is 0 Å². The van der Waals surface area contributed by atoms with Crippen LogP contribution in [0.25, 0.3) is 0 Å². The van der Waals surface area contributed by atoms with Gasteiger partial charge in [0.1, 0.15) is 0 Å². The van der Waals surface area contributed by atoms with Gasteiger partial charge in [-0.1, -0.05) is 11.6 Å². The molecule has 1 heterocycles. The second-order valence-electron chi connectivity index (χ2n) is 3.17. The number of pyridine rings is 1. The fourth-order valence-electron chi connectivity index (χ4n) is 1.14. The van der Waals surface area contributed by atoms with E-state index < -0.39 is 0 Å². The van der Waals surface area contributed by atoms with Crippen LogP contribution in [0, 0.1) is 0 Å². The molecular formula is C11H15N. The van der Waals surface area contributed by atoms with E-state index >= 15 is 0 Å². The van der Waals surface area contributed by atoms with Gasteiger partial charge in [0.15, 0.2) is 0 Å². The van der Waals surface area contributed by atoms with Crippen LogP contribution < -0.4 is 0 Å². The number of aromatic nitrogens is 1. The van der Waals surface area contributed by atoms with Crippen molar-refractivity contribution in [2.24, 2.45) is 0 Å². The van der Waals surface area contributed by atoms with Crippen LogP contribution in [0.2, 0.25) is 0 Å². The van der Waals surface area contributed by atoms with Crippen molar-refractivity contribution in [3.8, 4) is 0 Å². The highest BCUT2D eigenvalue weighted by molar-refractivity contribution is 5.08. The fraction of sp³-hybridized carbons (Fsp3) is 0.364. The molecular weight excluding hydrogens is 146 g/mol. The Labute approximate surface area is 74.2 Å². The second-order valence-corrected chi connectivity index (χ2v) is 3.17. The maximum atomic E-state index is 4.06. The molecule has 1 nitrogen and oxygen atoms in total. The summed E-state index contributed by atoms with van der Waals surface area (Å²) in [5.41, 5.74) is 2.58. The van der Waals surface area contributed by atoms with E-state index in [9.17, 15) is 0 Å². The minimum absolute atomic E-state index is 1.11. The van der Waals surface area contributed by atoms with Crippen molar-refractivity contribution in [1.29, 1.82) is 0 Å². The Morgan fingerprint density at radius 2 is 2.42 bits per heavy atom. The van der Waals surface area contributed by atoms with E-state index in [1.165, 1.54) is 17.6 Å². The maximum Gasteiger partial charge on any atom is 0.0299 e. The molecule has 0 unspecified atom stereocenters. The Balaban J connectivity index is 2.29. The van der Waals surface area contributed by atoms with Gasteiger partial charge in [0.2, 0.25) is 0 Å². The Bertz CT molecular complexity index is 238. The van der Waals surface area contributed by atoms with Crippen molar-refractivity contribution >= 4 is 0 Å². The van der Waals surface area contributed by atoms with Crippen LogP contribution in [0.4, 0.5) is 0 Å². The molecule has 0 radical (unpaired) electrons. The lowest BCUT2D eigenvalue weighted by Crippen LogP contribution is -1.86. The predicted octanol–water partition coefficient (Wildman–Crippen LogP) is 2.98. The standard InChI is InChI=1S/C11H15N/c1-10(2)5-3-6-11-7-4-8-12-9-11/h4,7-9H,1,3,5-6H2,2H3. The van der Waals surface area contributed by atoms with Crippen molar-refractivity contribution in [2.45, 2.75) is 26.2 Å². The summed E-state index contributed by atoms with van der Waals surface area (Å²) in [6, 6.07) is 4.10. The van der Waals surface area contributed by atoms with Gasteiger partial charge in [0.05, 0.1) is 0 Å².